The summed E-state index contributed by atoms with van der Waals surface area (Å²) in [5.74, 6) is 1.73. The molecule has 1 saturated heterocycles. The Bertz CT molecular complexity index is 812. The molecule has 1 fully saturated rings. The van der Waals surface area contributed by atoms with Crippen molar-refractivity contribution in [2.75, 3.05) is 26.3 Å². The maximum absolute atomic E-state index is 15.6. The van der Waals surface area contributed by atoms with E-state index >= 15 is 4.39 Å². The van der Waals surface area contributed by atoms with Gasteiger partial charge < -0.3 is 9.64 Å². The van der Waals surface area contributed by atoms with Crippen LogP contribution in [0.5, 0.6) is 0 Å². The highest BCUT2D eigenvalue weighted by Gasteiger charge is 2.45. The van der Waals surface area contributed by atoms with Gasteiger partial charge in [0.05, 0.1) is 13.2 Å². The van der Waals surface area contributed by atoms with Gasteiger partial charge in [-0.1, -0.05) is 54.6 Å². The smallest absolute Gasteiger partial charge is 0.226 e. The van der Waals surface area contributed by atoms with E-state index in [-0.39, 0.29) is 5.95 Å². The minimum atomic E-state index is -2.30. The van der Waals surface area contributed by atoms with Crippen molar-refractivity contribution in [2.45, 2.75) is 0 Å². The van der Waals surface area contributed by atoms with Gasteiger partial charge in [-0.25, -0.2) is 0 Å². The van der Waals surface area contributed by atoms with E-state index in [0.717, 1.165) is 15.9 Å². The van der Waals surface area contributed by atoms with Crippen LogP contribution in [-0.4, -0.2) is 31.2 Å². The highest BCUT2D eigenvalue weighted by molar-refractivity contribution is 7.98. The Balaban J connectivity index is 1.96. The second kappa shape index (κ2) is 8.68. The van der Waals surface area contributed by atoms with Crippen LogP contribution in [0.2, 0.25) is 0 Å². The lowest BCUT2D eigenvalue weighted by molar-refractivity contribution is 0.0426. The molecular formula is C24H24FNOP+. The summed E-state index contributed by atoms with van der Waals surface area (Å²) in [7, 11) is -2.30. The van der Waals surface area contributed by atoms with Gasteiger partial charge in [-0.3, -0.25) is 0 Å². The fourth-order valence-corrected chi connectivity index (χ4v) is 7.43. The van der Waals surface area contributed by atoms with E-state index in [1.54, 1.807) is 4.90 Å². The van der Waals surface area contributed by atoms with E-state index < -0.39 is 7.26 Å². The van der Waals surface area contributed by atoms with Crippen LogP contribution >= 0.6 is 7.26 Å². The van der Waals surface area contributed by atoms with Crippen molar-refractivity contribution in [3.8, 4) is 0 Å². The topological polar surface area (TPSA) is 12.5 Å². The molecule has 0 atom stereocenters. The average Bonchev–Trinajstić information content (AvgIpc) is 2.80. The third-order valence-corrected chi connectivity index (χ3v) is 9.04. The van der Waals surface area contributed by atoms with E-state index in [4.69, 9.17) is 4.74 Å². The number of hydrogen-bond donors (Lipinski definition) is 0. The van der Waals surface area contributed by atoms with Gasteiger partial charge in [-0.2, -0.15) is 4.39 Å². The van der Waals surface area contributed by atoms with Crippen LogP contribution in [0.1, 0.15) is 0 Å². The molecule has 0 radical (unpaired) electrons. The summed E-state index contributed by atoms with van der Waals surface area (Å²) in [6.07, 6.45) is 0. The summed E-state index contributed by atoms with van der Waals surface area (Å²) in [5, 5.41) is 3.45. The van der Waals surface area contributed by atoms with Crippen LogP contribution in [0.25, 0.3) is 0 Å². The summed E-state index contributed by atoms with van der Waals surface area (Å²) < 4.78 is 21.0. The summed E-state index contributed by atoms with van der Waals surface area (Å²) in [6, 6.07) is 31.0. The fraction of sp³-hybridized carbons (Fsp3) is 0.167. The molecule has 1 heterocycles. The Morgan fingerprint density at radius 1 is 0.714 bits per heavy atom. The molecule has 142 valence electrons. The lowest BCUT2D eigenvalue weighted by Crippen LogP contribution is -2.36. The van der Waals surface area contributed by atoms with Gasteiger partial charge >= 0.3 is 0 Å². The molecular weight excluding hydrogens is 368 g/mol. The number of nitrogens with zero attached hydrogens (tertiary/aromatic N) is 1. The van der Waals surface area contributed by atoms with Crippen molar-refractivity contribution in [3.05, 3.63) is 103 Å². The van der Waals surface area contributed by atoms with Gasteiger partial charge in [0.25, 0.3) is 0 Å². The van der Waals surface area contributed by atoms with Crippen LogP contribution < -0.4 is 15.9 Å². The molecule has 0 bridgehead atoms. The molecule has 1 aliphatic rings. The second-order valence-corrected chi connectivity index (χ2v) is 10.0. The quantitative estimate of drug-likeness (QED) is 0.479. The number of morpholine rings is 1. The number of hydrogen-bond acceptors (Lipinski definition) is 2. The van der Waals surface area contributed by atoms with Crippen molar-refractivity contribution >= 4 is 23.2 Å². The SMILES string of the molecule is F/C(=C\[P+](c1ccccc1)(c1ccccc1)c1ccccc1)N1CCOCC1. The number of halogens is 1. The zero-order valence-electron chi connectivity index (χ0n) is 15.7. The number of rotatable bonds is 5. The largest absolute Gasteiger partial charge is 0.378 e. The Morgan fingerprint density at radius 2 is 1.11 bits per heavy atom. The minimum absolute atomic E-state index is 0.159. The van der Waals surface area contributed by atoms with Crippen molar-refractivity contribution in [2.24, 2.45) is 0 Å². The van der Waals surface area contributed by atoms with Crippen LogP contribution in [0.3, 0.4) is 0 Å². The number of benzene rings is 3. The predicted octanol–water partition coefficient (Wildman–Crippen LogP) is 4.08. The van der Waals surface area contributed by atoms with Crippen molar-refractivity contribution < 1.29 is 9.13 Å². The van der Waals surface area contributed by atoms with Crippen LogP contribution in [-0.2, 0) is 4.74 Å². The molecule has 3 aromatic carbocycles. The molecule has 0 aromatic heterocycles. The summed E-state index contributed by atoms with van der Waals surface area (Å²) in [5.41, 5.74) is 0. The molecule has 0 amide bonds. The summed E-state index contributed by atoms with van der Waals surface area (Å²) in [4.78, 5) is 1.80. The maximum Gasteiger partial charge on any atom is 0.226 e. The highest BCUT2D eigenvalue weighted by atomic mass is 31.2. The molecule has 4 rings (SSSR count). The number of ether oxygens (including phenoxy) is 1. The van der Waals surface area contributed by atoms with E-state index in [1.165, 1.54) is 0 Å². The molecule has 0 N–H and O–H groups in total. The fourth-order valence-electron chi connectivity index (χ4n) is 3.68. The Labute approximate surface area is 166 Å². The lowest BCUT2D eigenvalue weighted by atomic mass is 10.4. The Morgan fingerprint density at radius 3 is 1.50 bits per heavy atom. The van der Waals surface area contributed by atoms with Crippen LogP contribution in [0, 0.1) is 0 Å². The second-order valence-electron chi connectivity index (χ2n) is 6.78. The predicted molar refractivity (Wildman–Crippen MR) is 117 cm³/mol. The van der Waals surface area contributed by atoms with Gasteiger partial charge in [-0.15, -0.1) is 0 Å². The van der Waals surface area contributed by atoms with Crippen molar-refractivity contribution in [1.29, 1.82) is 0 Å². The summed E-state index contributed by atoms with van der Waals surface area (Å²) >= 11 is 0. The Hall–Kier alpha value is -2.48. The zero-order valence-corrected chi connectivity index (χ0v) is 16.6. The van der Waals surface area contributed by atoms with Gasteiger partial charge in [0, 0.05) is 13.1 Å². The highest BCUT2D eigenvalue weighted by Crippen LogP contribution is 2.57. The molecule has 2 nitrogen and oxygen atoms in total. The molecule has 4 heteroatoms. The first-order valence-electron chi connectivity index (χ1n) is 9.57. The third-order valence-electron chi connectivity index (χ3n) is 5.10. The molecule has 3 aromatic rings. The van der Waals surface area contributed by atoms with Crippen molar-refractivity contribution in [1.82, 2.24) is 4.90 Å². The molecule has 0 spiro atoms. The van der Waals surface area contributed by atoms with Crippen LogP contribution in [0.15, 0.2) is 103 Å². The van der Waals surface area contributed by atoms with Gasteiger partial charge in [0.2, 0.25) is 5.95 Å². The van der Waals surface area contributed by atoms with Gasteiger partial charge in [0.15, 0.2) is 0 Å². The third kappa shape index (κ3) is 3.73. The molecule has 0 unspecified atom stereocenters. The molecule has 28 heavy (non-hydrogen) atoms. The lowest BCUT2D eigenvalue weighted by Gasteiger charge is -2.29. The van der Waals surface area contributed by atoms with Gasteiger partial charge in [-0.05, 0) is 36.4 Å². The monoisotopic (exact) mass is 392 g/mol. The van der Waals surface area contributed by atoms with Crippen molar-refractivity contribution in [3.63, 3.8) is 0 Å². The van der Waals surface area contributed by atoms with Gasteiger partial charge in [0.1, 0.15) is 29.0 Å². The normalized spacial score (nSPS) is 15.5. The maximum atomic E-state index is 15.6. The first-order chi connectivity index (χ1) is 13.8. The van der Waals surface area contributed by atoms with E-state index in [2.05, 4.69) is 36.4 Å². The minimum Gasteiger partial charge on any atom is -0.378 e. The van der Waals surface area contributed by atoms with E-state index in [9.17, 15) is 0 Å². The molecule has 0 aliphatic carbocycles. The molecule has 1 aliphatic heterocycles. The van der Waals surface area contributed by atoms with E-state index in [1.807, 2.05) is 60.4 Å². The summed E-state index contributed by atoms with van der Waals surface area (Å²) in [6.45, 7) is 2.30. The van der Waals surface area contributed by atoms with E-state index in [0.29, 0.717) is 26.3 Å². The van der Waals surface area contributed by atoms with Crippen LogP contribution in [0.4, 0.5) is 4.39 Å². The zero-order chi connectivity index (χ0) is 19.2. The first kappa shape index (κ1) is 18.9. The average molecular weight is 392 g/mol. The first-order valence-corrected chi connectivity index (χ1v) is 11.4. The molecule has 0 saturated carbocycles. The standard InChI is InChI=1S/C24H24FNOP/c25-24(26-16-18-27-19-17-26)20-28(21-10-4-1-5-11-21,22-12-6-2-7-13-22)23-14-8-3-9-15-23/h1-15,20H,16-19H2/q+1/b24-20+. The Kier molecular flexibility index (Phi) is 5.85.